The summed E-state index contributed by atoms with van der Waals surface area (Å²) in [6.45, 7) is 5.32. The second-order valence-electron chi connectivity index (χ2n) is 7.40. The number of amides is 2. The molecule has 0 bridgehead atoms. The van der Waals surface area contributed by atoms with Crippen molar-refractivity contribution < 1.29 is 9.59 Å². The Labute approximate surface area is 179 Å². The van der Waals surface area contributed by atoms with E-state index < -0.39 is 11.8 Å². The quantitative estimate of drug-likeness (QED) is 0.542. The zero-order valence-electron chi connectivity index (χ0n) is 16.8. The number of rotatable bonds is 3. The summed E-state index contributed by atoms with van der Waals surface area (Å²) in [5.74, 6) is -0.668. The first kappa shape index (κ1) is 21.6. The molecule has 2 amide bonds. The number of piperidine rings is 1. The summed E-state index contributed by atoms with van der Waals surface area (Å²) in [6, 6.07) is 1.74. The summed E-state index contributed by atoms with van der Waals surface area (Å²) < 4.78 is 1.87. The Balaban J connectivity index is 0.00000256. The summed E-state index contributed by atoms with van der Waals surface area (Å²) in [6.07, 6.45) is 6.46. The number of carbonyl (C=O) groups excluding carboxylic acids is 2. The maximum atomic E-state index is 13.1. The Morgan fingerprint density at radius 1 is 1.33 bits per heavy atom. The smallest absolute Gasteiger partial charge is 0.314 e. The molecule has 0 spiro atoms. The molecule has 1 aliphatic heterocycles. The highest BCUT2D eigenvalue weighted by Crippen LogP contribution is 2.33. The molecule has 2 atom stereocenters. The summed E-state index contributed by atoms with van der Waals surface area (Å²) in [5.41, 5.74) is 7.67. The molecule has 10 nitrogen and oxygen atoms in total. The Morgan fingerprint density at radius 3 is 2.90 bits per heavy atom. The molecular weight excluding hydrogens is 408 g/mol. The van der Waals surface area contributed by atoms with Crippen molar-refractivity contribution in [3.8, 4) is 0 Å². The number of nitrogen functional groups attached to an aromatic ring is 1. The van der Waals surface area contributed by atoms with Crippen LogP contribution in [0.15, 0.2) is 24.7 Å². The third kappa shape index (κ3) is 3.82. The SMILES string of the molecule is CCn1nccc1[C@@H]1CC[C@H](C)CN1C(=O)C(=O)Nc1cnc(N)c2cn[nH]c12.Cl. The number of hydrogen-bond donors (Lipinski definition) is 3. The molecule has 1 fully saturated rings. The molecule has 3 aromatic rings. The van der Waals surface area contributed by atoms with Gasteiger partial charge >= 0.3 is 11.8 Å². The van der Waals surface area contributed by atoms with Crippen molar-refractivity contribution in [1.29, 1.82) is 0 Å². The molecule has 11 heteroatoms. The highest BCUT2D eigenvalue weighted by Gasteiger charge is 2.35. The lowest BCUT2D eigenvalue weighted by atomic mass is 9.92. The van der Waals surface area contributed by atoms with Gasteiger partial charge in [-0.15, -0.1) is 12.4 Å². The molecule has 0 aromatic carbocycles. The standard InChI is InChI=1S/C19H24N8O2.ClH/c1-3-27-15(6-7-23-27)14-5-4-11(2)10-26(14)19(29)18(28)24-13-9-21-17(20)12-8-22-25-16(12)13;/h6-9,11,14H,3-5,10H2,1-2H3,(H2,20,21)(H,22,25)(H,24,28);1H/t11-,14-;/m0./s1. The number of halogens is 1. The van der Waals surface area contributed by atoms with Crippen LogP contribution in [0.4, 0.5) is 11.5 Å². The zero-order valence-corrected chi connectivity index (χ0v) is 17.6. The Hall–Kier alpha value is -3.14. The van der Waals surface area contributed by atoms with Crippen LogP contribution in [0, 0.1) is 5.92 Å². The number of aromatic amines is 1. The van der Waals surface area contributed by atoms with Crippen molar-refractivity contribution in [1.82, 2.24) is 29.9 Å². The minimum atomic E-state index is -0.714. The lowest BCUT2D eigenvalue weighted by Gasteiger charge is -2.38. The van der Waals surface area contributed by atoms with Gasteiger partial charge in [-0.3, -0.25) is 19.4 Å². The molecule has 1 aliphatic rings. The first-order chi connectivity index (χ1) is 14.0. The molecule has 30 heavy (non-hydrogen) atoms. The van der Waals surface area contributed by atoms with Crippen molar-refractivity contribution in [2.45, 2.75) is 39.3 Å². The molecule has 160 valence electrons. The molecule has 4 heterocycles. The molecule has 1 saturated heterocycles. The lowest BCUT2D eigenvalue weighted by molar-refractivity contribution is -0.146. The van der Waals surface area contributed by atoms with Crippen LogP contribution in [-0.2, 0) is 16.1 Å². The van der Waals surface area contributed by atoms with E-state index in [1.54, 1.807) is 11.1 Å². The summed E-state index contributed by atoms with van der Waals surface area (Å²) in [5, 5.41) is 14.3. The van der Waals surface area contributed by atoms with E-state index in [4.69, 9.17) is 5.73 Å². The van der Waals surface area contributed by atoms with E-state index in [1.165, 1.54) is 12.4 Å². The molecule has 4 rings (SSSR count). The molecule has 0 unspecified atom stereocenters. The van der Waals surface area contributed by atoms with E-state index in [9.17, 15) is 9.59 Å². The molecule has 4 N–H and O–H groups in total. The van der Waals surface area contributed by atoms with Gasteiger partial charge in [-0.1, -0.05) is 6.92 Å². The first-order valence-electron chi connectivity index (χ1n) is 9.70. The van der Waals surface area contributed by atoms with Gasteiger partial charge in [0.15, 0.2) is 0 Å². The number of H-pyrrole nitrogens is 1. The fraction of sp³-hybridized carbons (Fsp3) is 0.421. The number of hydrogen-bond acceptors (Lipinski definition) is 6. The van der Waals surface area contributed by atoms with Gasteiger partial charge in [-0.25, -0.2) is 4.98 Å². The minimum absolute atomic E-state index is 0. The molecule has 0 aliphatic carbocycles. The van der Waals surface area contributed by atoms with Crippen LogP contribution in [-0.4, -0.2) is 48.2 Å². The van der Waals surface area contributed by atoms with Gasteiger partial charge in [-0.2, -0.15) is 10.2 Å². The van der Waals surface area contributed by atoms with E-state index in [2.05, 4.69) is 32.5 Å². The van der Waals surface area contributed by atoms with Gasteiger partial charge < -0.3 is 16.0 Å². The minimum Gasteiger partial charge on any atom is -0.383 e. The fourth-order valence-corrected chi connectivity index (χ4v) is 3.93. The van der Waals surface area contributed by atoms with Crippen LogP contribution in [0.2, 0.25) is 0 Å². The molecular formula is C19H25ClN8O2. The normalized spacial score (nSPS) is 18.8. The monoisotopic (exact) mass is 432 g/mol. The number of pyridine rings is 1. The third-order valence-corrected chi connectivity index (χ3v) is 5.43. The Kier molecular flexibility index (Phi) is 6.25. The van der Waals surface area contributed by atoms with Crippen molar-refractivity contribution >= 4 is 46.6 Å². The number of aryl methyl sites for hydroxylation is 1. The number of likely N-dealkylation sites (tertiary alicyclic amines) is 1. The van der Waals surface area contributed by atoms with Crippen molar-refractivity contribution in [3.63, 3.8) is 0 Å². The topological polar surface area (TPSA) is 135 Å². The second kappa shape index (κ2) is 8.70. The highest BCUT2D eigenvalue weighted by atomic mass is 35.5. The van der Waals surface area contributed by atoms with Crippen LogP contribution >= 0.6 is 12.4 Å². The molecule has 0 saturated carbocycles. The average Bonchev–Trinajstić information content (AvgIpc) is 3.39. The first-order valence-corrected chi connectivity index (χ1v) is 9.70. The van der Waals surface area contributed by atoms with Crippen LogP contribution in [0.5, 0.6) is 0 Å². The molecule has 3 aromatic heterocycles. The maximum absolute atomic E-state index is 13.1. The summed E-state index contributed by atoms with van der Waals surface area (Å²) in [7, 11) is 0. The number of anilines is 2. The Bertz CT molecular complexity index is 1060. The summed E-state index contributed by atoms with van der Waals surface area (Å²) in [4.78, 5) is 31.6. The van der Waals surface area contributed by atoms with Gasteiger partial charge in [0.1, 0.15) is 5.82 Å². The largest absolute Gasteiger partial charge is 0.383 e. The van der Waals surface area contributed by atoms with E-state index in [0.717, 1.165) is 18.5 Å². The van der Waals surface area contributed by atoms with Crippen molar-refractivity contribution in [2.75, 3.05) is 17.6 Å². The third-order valence-electron chi connectivity index (χ3n) is 5.43. The number of nitrogens with two attached hydrogens (primary N) is 1. The van der Waals surface area contributed by atoms with Gasteiger partial charge in [0.2, 0.25) is 0 Å². The van der Waals surface area contributed by atoms with Crippen molar-refractivity contribution in [2.24, 2.45) is 5.92 Å². The number of fused-ring (bicyclic) bond motifs is 1. The average molecular weight is 433 g/mol. The van der Waals surface area contributed by atoms with Gasteiger partial charge in [-0.05, 0) is 31.7 Å². The number of carbonyl (C=O) groups is 2. The van der Waals surface area contributed by atoms with Gasteiger partial charge in [0, 0.05) is 19.3 Å². The molecule has 0 radical (unpaired) electrons. The van der Waals surface area contributed by atoms with E-state index in [0.29, 0.717) is 41.4 Å². The van der Waals surface area contributed by atoms with Crippen molar-refractivity contribution in [3.05, 3.63) is 30.4 Å². The lowest BCUT2D eigenvalue weighted by Crippen LogP contribution is -2.47. The number of nitrogens with one attached hydrogen (secondary N) is 2. The van der Waals surface area contributed by atoms with E-state index >= 15 is 0 Å². The van der Waals surface area contributed by atoms with Crippen LogP contribution in [0.3, 0.4) is 0 Å². The highest BCUT2D eigenvalue weighted by molar-refractivity contribution is 6.40. The van der Waals surface area contributed by atoms with E-state index in [1.807, 2.05) is 17.7 Å². The number of nitrogens with zero attached hydrogens (tertiary/aromatic N) is 5. The second-order valence-corrected chi connectivity index (χ2v) is 7.40. The van der Waals surface area contributed by atoms with Crippen LogP contribution in [0.25, 0.3) is 10.9 Å². The fourth-order valence-electron chi connectivity index (χ4n) is 3.93. The van der Waals surface area contributed by atoms with Crippen LogP contribution < -0.4 is 11.1 Å². The number of aromatic nitrogens is 5. The van der Waals surface area contributed by atoms with Gasteiger partial charge in [0.25, 0.3) is 0 Å². The predicted octanol–water partition coefficient (Wildman–Crippen LogP) is 2.12. The summed E-state index contributed by atoms with van der Waals surface area (Å²) >= 11 is 0. The van der Waals surface area contributed by atoms with E-state index in [-0.39, 0.29) is 18.4 Å². The Morgan fingerprint density at radius 2 is 2.13 bits per heavy atom. The van der Waals surface area contributed by atoms with Gasteiger partial charge in [0.05, 0.1) is 40.7 Å². The zero-order chi connectivity index (χ0) is 20.5. The maximum Gasteiger partial charge on any atom is 0.314 e. The predicted molar refractivity (Wildman–Crippen MR) is 115 cm³/mol. The van der Waals surface area contributed by atoms with Crippen LogP contribution in [0.1, 0.15) is 38.4 Å².